The number of carbonyl (C=O) groups is 2. The summed E-state index contributed by atoms with van der Waals surface area (Å²) in [4.78, 5) is 40.2. The SMILES string of the molecule is CC/C=C\C/C=C\C/C=C\C/C=C\C/C=C\C/C=C\CCCCCCCCC(=O)NC(COP(=O)([O-])OCC[N+](C)(C)C)C(/C=C/CCCCCCCCCCC)OC(=O)CCCCCCCCCCCCCCCC/C=C\C/C=C\C/C=C\CCCCC. The van der Waals surface area contributed by atoms with Gasteiger partial charge in [0.1, 0.15) is 19.3 Å². The van der Waals surface area contributed by atoms with Gasteiger partial charge >= 0.3 is 5.97 Å². The van der Waals surface area contributed by atoms with Crippen molar-refractivity contribution in [3.8, 4) is 0 Å². The largest absolute Gasteiger partial charge is 0.756 e. The number of ether oxygens (including phenoxy) is 1. The third-order valence-corrected chi connectivity index (χ3v) is 16.8. The third kappa shape index (κ3) is 68.6. The van der Waals surface area contributed by atoms with Gasteiger partial charge in [0.2, 0.25) is 5.91 Å². The van der Waals surface area contributed by atoms with Crippen LogP contribution in [0.1, 0.15) is 316 Å². The molecule has 1 amide bonds. The molecule has 1 N–H and O–H groups in total. The first-order chi connectivity index (χ1) is 43.4. The van der Waals surface area contributed by atoms with Crippen molar-refractivity contribution in [2.45, 2.75) is 328 Å². The van der Waals surface area contributed by atoms with Crippen LogP contribution in [0.3, 0.4) is 0 Å². The molecule has 0 spiro atoms. The van der Waals surface area contributed by atoms with Crippen LogP contribution in [0.25, 0.3) is 0 Å². The number of quaternary nitrogens is 1. The molecule has 0 aromatic heterocycles. The number of unbranched alkanes of at least 4 members (excludes halogenated alkanes) is 32. The summed E-state index contributed by atoms with van der Waals surface area (Å²) in [6, 6.07) is -0.905. The smallest absolute Gasteiger partial charge is 0.306 e. The van der Waals surface area contributed by atoms with Crippen molar-refractivity contribution in [3.05, 3.63) is 122 Å². The van der Waals surface area contributed by atoms with E-state index in [1.54, 1.807) is 0 Å². The number of allylic oxidation sites excluding steroid dienone is 19. The Morgan fingerprint density at radius 2 is 0.719 bits per heavy atom. The standard InChI is InChI=1S/C79H139N2O7P/c1-7-10-13-16-19-22-25-27-29-31-33-35-37-39-40-42-44-46-48-50-52-54-57-60-63-66-69-72-79(83)88-77(70-67-64-61-58-55-24-21-18-15-12-9-3)76(75-87-89(84,85)86-74-73-81(4,5)6)80-78(82)71-68-65-62-59-56-53-51-49-47-45-43-41-38-36-34-32-30-28-26-23-20-17-14-11-8-2/h11,14,19-20,22-23,27-30,33-36,41,43,47,49,67,70,76-77H,7-10,12-13,15-18,21,24-26,31-32,37-40,42,44-46,48,50-66,68-69,71-75H2,1-6H3,(H-,80,82,84,85)/b14-11-,22-19-,23-20-,29-27-,30-28-,35-33-,36-34-,43-41-,49-47-,70-67+. The highest BCUT2D eigenvalue weighted by atomic mass is 31.2. The Bertz CT molecular complexity index is 1940. The van der Waals surface area contributed by atoms with E-state index < -0.39 is 26.6 Å². The summed E-state index contributed by atoms with van der Waals surface area (Å²) >= 11 is 0. The van der Waals surface area contributed by atoms with Gasteiger partial charge in [-0.15, -0.1) is 0 Å². The van der Waals surface area contributed by atoms with Crippen LogP contribution in [-0.2, 0) is 27.9 Å². The summed E-state index contributed by atoms with van der Waals surface area (Å²) < 4.78 is 30.4. The fourth-order valence-electron chi connectivity index (χ4n) is 10.2. The molecule has 3 unspecified atom stereocenters. The van der Waals surface area contributed by atoms with E-state index in [0.29, 0.717) is 17.4 Å². The van der Waals surface area contributed by atoms with E-state index in [2.05, 4.69) is 135 Å². The predicted octanol–water partition coefficient (Wildman–Crippen LogP) is 23.2. The maximum absolute atomic E-state index is 13.6. The fraction of sp³-hybridized carbons (Fsp3) is 0.722. The first kappa shape index (κ1) is 85.4. The lowest BCUT2D eigenvalue weighted by Gasteiger charge is -2.30. The van der Waals surface area contributed by atoms with Crippen LogP contribution in [0.4, 0.5) is 0 Å². The number of hydrogen-bond acceptors (Lipinski definition) is 7. The second kappa shape index (κ2) is 67.3. The van der Waals surface area contributed by atoms with Crippen molar-refractivity contribution in [1.82, 2.24) is 5.32 Å². The minimum absolute atomic E-state index is 0.0308. The Kier molecular flexibility index (Phi) is 64.6. The topological polar surface area (TPSA) is 114 Å². The summed E-state index contributed by atoms with van der Waals surface area (Å²) in [7, 11) is 1.16. The van der Waals surface area contributed by atoms with Crippen LogP contribution >= 0.6 is 7.82 Å². The molecule has 0 aromatic rings. The quantitative estimate of drug-likeness (QED) is 0.0212. The number of hydrogen-bond donors (Lipinski definition) is 1. The van der Waals surface area contributed by atoms with Gasteiger partial charge in [-0.25, -0.2) is 0 Å². The third-order valence-electron chi connectivity index (χ3n) is 15.9. The van der Waals surface area contributed by atoms with Crippen molar-refractivity contribution >= 4 is 19.7 Å². The lowest BCUT2D eigenvalue weighted by molar-refractivity contribution is -0.870. The molecule has 0 saturated carbocycles. The van der Waals surface area contributed by atoms with Crippen molar-refractivity contribution in [1.29, 1.82) is 0 Å². The molecule has 0 aliphatic carbocycles. The highest BCUT2D eigenvalue weighted by Gasteiger charge is 2.27. The van der Waals surface area contributed by atoms with E-state index in [1.807, 2.05) is 33.3 Å². The van der Waals surface area contributed by atoms with Gasteiger partial charge in [0, 0.05) is 12.8 Å². The van der Waals surface area contributed by atoms with E-state index >= 15 is 0 Å². The average Bonchev–Trinajstić information content (AvgIpc) is 3.62. The molecule has 0 heterocycles. The second-order valence-electron chi connectivity index (χ2n) is 25.7. The molecule has 89 heavy (non-hydrogen) atoms. The number of carbonyl (C=O) groups excluding carboxylic acids is 2. The van der Waals surface area contributed by atoms with E-state index in [1.165, 1.54) is 148 Å². The Hall–Kier alpha value is -3.59. The van der Waals surface area contributed by atoms with Crippen LogP contribution in [0.2, 0.25) is 0 Å². The molecule has 9 nitrogen and oxygen atoms in total. The van der Waals surface area contributed by atoms with Crippen LogP contribution in [0.15, 0.2) is 122 Å². The Balaban J connectivity index is 5.02. The van der Waals surface area contributed by atoms with Crippen molar-refractivity contribution < 1.29 is 37.3 Å². The molecule has 3 atom stereocenters. The molecule has 512 valence electrons. The fourth-order valence-corrected chi connectivity index (χ4v) is 11.0. The first-order valence-corrected chi connectivity index (χ1v) is 38.3. The number of phosphoric ester groups is 1. The highest BCUT2D eigenvalue weighted by molar-refractivity contribution is 7.45. The number of rotatable bonds is 66. The van der Waals surface area contributed by atoms with E-state index in [9.17, 15) is 19.0 Å². The van der Waals surface area contributed by atoms with Gasteiger partial charge in [0.15, 0.2) is 0 Å². The average molecular weight is 1260 g/mol. The number of nitrogens with zero attached hydrogens (tertiary/aromatic N) is 1. The van der Waals surface area contributed by atoms with Gasteiger partial charge in [-0.3, -0.25) is 14.2 Å². The van der Waals surface area contributed by atoms with Crippen LogP contribution in [-0.4, -0.2) is 69.4 Å². The summed E-state index contributed by atoms with van der Waals surface area (Å²) in [5.41, 5.74) is 0. The van der Waals surface area contributed by atoms with E-state index in [4.69, 9.17) is 13.8 Å². The van der Waals surface area contributed by atoms with Gasteiger partial charge in [-0.2, -0.15) is 0 Å². The van der Waals surface area contributed by atoms with Crippen LogP contribution < -0.4 is 10.2 Å². The lowest BCUT2D eigenvalue weighted by atomic mass is 10.0. The van der Waals surface area contributed by atoms with Gasteiger partial charge in [-0.1, -0.05) is 303 Å². The van der Waals surface area contributed by atoms with Gasteiger partial charge in [-0.05, 0) is 122 Å². The predicted molar refractivity (Wildman–Crippen MR) is 385 cm³/mol. The Labute approximate surface area is 550 Å². The Morgan fingerprint density at radius 1 is 0.404 bits per heavy atom. The molecule has 0 bridgehead atoms. The second-order valence-corrected chi connectivity index (χ2v) is 27.1. The van der Waals surface area contributed by atoms with E-state index in [-0.39, 0.29) is 24.9 Å². The number of esters is 1. The normalized spacial score (nSPS) is 14.2. The molecule has 0 saturated heterocycles. The highest BCUT2D eigenvalue weighted by Crippen LogP contribution is 2.38. The maximum Gasteiger partial charge on any atom is 0.306 e. The zero-order valence-electron chi connectivity index (χ0n) is 58.6. The van der Waals surface area contributed by atoms with Crippen molar-refractivity contribution in [2.75, 3.05) is 40.9 Å². The number of likely N-dealkylation sites (N-methyl/N-ethyl adjacent to an activating group) is 1. The van der Waals surface area contributed by atoms with Crippen LogP contribution in [0, 0.1) is 0 Å². The molecular weight excluding hydrogens is 1120 g/mol. The summed E-state index contributed by atoms with van der Waals surface area (Å²) in [6.07, 6.45) is 94.7. The minimum Gasteiger partial charge on any atom is -0.756 e. The molecule has 10 heteroatoms. The number of phosphoric acid groups is 1. The lowest BCUT2D eigenvalue weighted by Crippen LogP contribution is -2.47. The monoisotopic (exact) mass is 1260 g/mol. The van der Waals surface area contributed by atoms with Gasteiger partial charge in [0.25, 0.3) is 7.82 Å². The molecule has 0 rings (SSSR count). The molecule has 0 aliphatic heterocycles. The molecule has 0 aromatic carbocycles. The summed E-state index contributed by atoms with van der Waals surface area (Å²) in [5, 5.41) is 3.03. The molecular formula is C79H139N2O7P. The summed E-state index contributed by atoms with van der Waals surface area (Å²) in [6.45, 7) is 6.70. The summed E-state index contributed by atoms with van der Waals surface area (Å²) in [5.74, 6) is -0.559. The van der Waals surface area contributed by atoms with E-state index in [0.717, 1.165) is 135 Å². The zero-order valence-corrected chi connectivity index (χ0v) is 59.5. The zero-order chi connectivity index (χ0) is 64.9. The molecule has 0 aliphatic rings. The number of nitrogens with one attached hydrogen (secondary N) is 1. The van der Waals surface area contributed by atoms with Gasteiger partial charge in [0.05, 0.1) is 33.8 Å². The first-order valence-electron chi connectivity index (χ1n) is 36.8. The van der Waals surface area contributed by atoms with Gasteiger partial charge < -0.3 is 28.5 Å². The minimum atomic E-state index is -4.72. The Morgan fingerprint density at radius 3 is 1.10 bits per heavy atom. The number of amides is 1. The molecule has 0 fully saturated rings. The van der Waals surface area contributed by atoms with Crippen molar-refractivity contribution in [3.63, 3.8) is 0 Å². The van der Waals surface area contributed by atoms with Crippen LogP contribution in [0.5, 0.6) is 0 Å². The molecule has 0 radical (unpaired) electrons. The maximum atomic E-state index is 13.6. The van der Waals surface area contributed by atoms with Crippen molar-refractivity contribution in [2.24, 2.45) is 0 Å².